The molecule has 0 unspecified atom stereocenters. The van der Waals surface area contributed by atoms with Crippen molar-refractivity contribution in [2.75, 3.05) is 11.9 Å². The molecule has 68 valence electrons. The van der Waals surface area contributed by atoms with Crippen LogP contribution in [-0.2, 0) is 0 Å². The topological polar surface area (TPSA) is 68.9 Å². The highest BCUT2D eigenvalue weighted by Crippen LogP contribution is 2.06. The molecule has 0 fully saturated rings. The van der Waals surface area contributed by atoms with Gasteiger partial charge in [0.05, 0.1) is 6.10 Å². The normalized spacial score (nSPS) is 11.8. The summed E-state index contributed by atoms with van der Waals surface area (Å²) in [5.74, 6) is 0. The van der Waals surface area contributed by atoms with Gasteiger partial charge in [-0.15, -0.1) is 0 Å². The fourth-order valence-electron chi connectivity index (χ4n) is 0.867. The van der Waals surface area contributed by atoms with Crippen molar-refractivity contribution < 1.29 is 5.11 Å². The van der Waals surface area contributed by atoms with Crippen molar-refractivity contribution >= 4 is 5.69 Å². The lowest BCUT2D eigenvalue weighted by atomic mass is 10.3. The summed E-state index contributed by atoms with van der Waals surface area (Å²) in [7, 11) is 0. The van der Waals surface area contributed by atoms with Gasteiger partial charge in [0.15, 0.2) is 0 Å². The molecule has 0 spiro atoms. The molecule has 13 heavy (non-hydrogen) atoms. The summed E-state index contributed by atoms with van der Waals surface area (Å²) in [6.45, 7) is 2.16. The molecule has 0 saturated heterocycles. The van der Waals surface area contributed by atoms with Crippen molar-refractivity contribution in [1.29, 1.82) is 5.26 Å². The number of nitrogens with one attached hydrogen (secondary N) is 1. The maximum Gasteiger partial charge on any atom is 0.142 e. The van der Waals surface area contributed by atoms with E-state index in [9.17, 15) is 0 Å². The van der Waals surface area contributed by atoms with E-state index in [0.717, 1.165) is 5.69 Å². The quantitative estimate of drug-likeness (QED) is 0.714. The molecule has 0 aliphatic carbocycles. The van der Waals surface area contributed by atoms with Crippen LogP contribution in [0.4, 0.5) is 5.69 Å². The number of hydrogen-bond donors (Lipinski definition) is 2. The van der Waals surface area contributed by atoms with E-state index in [1.54, 1.807) is 25.3 Å². The van der Waals surface area contributed by atoms with E-state index in [1.807, 2.05) is 6.07 Å². The van der Waals surface area contributed by atoms with Crippen LogP contribution in [0.1, 0.15) is 12.6 Å². The van der Waals surface area contributed by atoms with Crippen molar-refractivity contribution in [3.63, 3.8) is 0 Å². The van der Waals surface area contributed by atoms with Gasteiger partial charge in [0.25, 0.3) is 0 Å². The van der Waals surface area contributed by atoms with Crippen molar-refractivity contribution in [2.24, 2.45) is 0 Å². The highest BCUT2D eigenvalue weighted by atomic mass is 16.3. The molecule has 1 rings (SSSR count). The number of aliphatic hydroxyl groups is 1. The van der Waals surface area contributed by atoms with Crippen LogP contribution in [0.2, 0.25) is 0 Å². The van der Waals surface area contributed by atoms with E-state index in [0.29, 0.717) is 12.2 Å². The fourth-order valence-corrected chi connectivity index (χ4v) is 0.867. The van der Waals surface area contributed by atoms with Crippen LogP contribution < -0.4 is 5.32 Å². The maximum atomic E-state index is 9.00. The summed E-state index contributed by atoms with van der Waals surface area (Å²) in [5.41, 5.74) is 1.17. The van der Waals surface area contributed by atoms with E-state index in [4.69, 9.17) is 10.4 Å². The van der Waals surface area contributed by atoms with Gasteiger partial charge in [-0.2, -0.15) is 5.26 Å². The van der Waals surface area contributed by atoms with Crippen molar-refractivity contribution in [3.8, 4) is 6.07 Å². The molecule has 0 radical (unpaired) electrons. The van der Waals surface area contributed by atoms with E-state index in [2.05, 4.69) is 10.3 Å². The summed E-state index contributed by atoms with van der Waals surface area (Å²) in [5, 5.41) is 20.5. The monoisotopic (exact) mass is 177 g/mol. The molecule has 0 aliphatic rings. The third kappa shape index (κ3) is 3.09. The Hall–Kier alpha value is -1.60. The molecule has 0 bridgehead atoms. The Bertz CT molecular complexity index is 317. The molecule has 0 amide bonds. The lowest BCUT2D eigenvalue weighted by Crippen LogP contribution is -2.15. The molecule has 4 heteroatoms. The van der Waals surface area contributed by atoms with Crippen molar-refractivity contribution in [2.45, 2.75) is 13.0 Å². The SMILES string of the molecule is C[C@@H](O)CNc1ccnc(C#N)c1. The molecule has 0 saturated carbocycles. The van der Waals surface area contributed by atoms with Gasteiger partial charge in [0.2, 0.25) is 0 Å². The Morgan fingerprint density at radius 2 is 2.54 bits per heavy atom. The second-order valence-corrected chi connectivity index (χ2v) is 2.77. The molecule has 1 aromatic heterocycles. The number of rotatable bonds is 3. The largest absolute Gasteiger partial charge is 0.392 e. The average Bonchev–Trinajstić information content (AvgIpc) is 2.15. The molecule has 2 N–H and O–H groups in total. The Morgan fingerprint density at radius 3 is 3.15 bits per heavy atom. The van der Waals surface area contributed by atoms with Crippen LogP contribution in [0.25, 0.3) is 0 Å². The third-order valence-electron chi connectivity index (χ3n) is 1.48. The van der Waals surface area contributed by atoms with Gasteiger partial charge in [0, 0.05) is 18.4 Å². The minimum absolute atomic E-state index is 0.371. The standard InChI is InChI=1S/C9H11N3O/c1-7(13)6-12-8-2-3-11-9(4-8)5-10/h2-4,7,13H,6H2,1H3,(H,11,12)/t7-/m1/s1. The van der Waals surface area contributed by atoms with Gasteiger partial charge in [-0.1, -0.05) is 0 Å². The highest BCUT2D eigenvalue weighted by molar-refractivity contribution is 5.45. The number of hydrogen-bond acceptors (Lipinski definition) is 4. The molecular weight excluding hydrogens is 166 g/mol. The van der Waals surface area contributed by atoms with Crippen LogP contribution in [0.15, 0.2) is 18.3 Å². The molecule has 0 aromatic carbocycles. The molecule has 1 aromatic rings. The number of anilines is 1. The Morgan fingerprint density at radius 1 is 1.77 bits per heavy atom. The lowest BCUT2D eigenvalue weighted by Gasteiger charge is -2.07. The maximum absolute atomic E-state index is 9.00. The smallest absolute Gasteiger partial charge is 0.142 e. The first-order chi connectivity index (χ1) is 6.22. The van der Waals surface area contributed by atoms with Crippen LogP contribution in [-0.4, -0.2) is 22.7 Å². The lowest BCUT2D eigenvalue weighted by molar-refractivity contribution is 0.208. The molecule has 4 nitrogen and oxygen atoms in total. The summed E-state index contributed by atoms with van der Waals surface area (Å²) < 4.78 is 0. The molecule has 1 heterocycles. The zero-order valence-corrected chi connectivity index (χ0v) is 7.36. The first-order valence-corrected chi connectivity index (χ1v) is 4.00. The van der Waals surface area contributed by atoms with Crippen molar-refractivity contribution in [1.82, 2.24) is 4.98 Å². The van der Waals surface area contributed by atoms with Gasteiger partial charge in [0.1, 0.15) is 11.8 Å². The Labute approximate surface area is 76.8 Å². The van der Waals surface area contributed by atoms with Gasteiger partial charge in [-0.25, -0.2) is 4.98 Å². The highest BCUT2D eigenvalue weighted by Gasteiger charge is 1.97. The van der Waals surface area contributed by atoms with Crippen LogP contribution in [0, 0.1) is 11.3 Å². The number of pyridine rings is 1. The first kappa shape index (κ1) is 9.49. The minimum atomic E-state index is -0.404. The van der Waals surface area contributed by atoms with Crippen LogP contribution in [0.3, 0.4) is 0 Å². The van der Waals surface area contributed by atoms with Gasteiger partial charge < -0.3 is 10.4 Å². The van der Waals surface area contributed by atoms with E-state index in [-0.39, 0.29) is 0 Å². The van der Waals surface area contributed by atoms with Gasteiger partial charge >= 0.3 is 0 Å². The predicted molar refractivity (Wildman–Crippen MR) is 49.1 cm³/mol. The third-order valence-corrected chi connectivity index (χ3v) is 1.48. The molecule has 0 aliphatic heterocycles. The minimum Gasteiger partial charge on any atom is -0.392 e. The average molecular weight is 177 g/mol. The molecular formula is C9H11N3O. The summed E-state index contributed by atoms with van der Waals surface area (Å²) >= 11 is 0. The Kier molecular flexibility index (Phi) is 3.23. The number of nitrogens with zero attached hydrogens (tertiary/aromatic N) is 2. The zero-order chi connectivity index (χ0) is 9.68. The summed E-state index contributed by atoms with van der Waals surface area (Å²) in [4.78, 5) is 3.82. The number of aromatic nitrogens is 1. The number of aliphatic hydroxyl groups excluding tert-OH is 1. The predicted octanol–water partition coefficient (Wildman–Crippen LogP) is 0.746. The van der Waals surface area contributed by atoms with Crippen LogP contribution >= 0.6 is 0 Å². The second-order valence-electron chi connectivity index (χ2n) is 2.77. The van der Waals surface area contributed by atoms with E-state index < -0.39 is 6.10 Å². The van der Waals surface area contributed by atoms with Crippen molar-refractivity contribution in [3.05, 3.63) is 24.0 Å². The van der Waals surface area contributed by atoms with E-state index in [1.165, 1.54) is 0 Å². The van der Waals surface area contributed by atoms with Crippen LogP contribution in [0.5, 0.6) is 0 Å². The number of nitriles is 1. The fraction of sp³-hybridized carbons (Fsp3) is 0.333. The van der Waals surface area contributed by atoms with E-state index >= 15 is 0 Å². The Balaban J connectivity index is 2.63. The zero-order valence-electron chi connectivity index (χ0n) is 7.36. The first-order valence-electron chi connectivity index (χ1n) is 4.00. The summed E-state index contributed by atoms with van der Waals surface area (Å²) in [6, 6.07) is 5.34. The van der Waals surface area contributed by atoms with Gasteiger partial charge in [-0.3, -0.25) is 0 Å². The summed E-state index contributed by atoms with van der Waals surface area (Å²) in [6.07, 6.45) is 1.15. The van der Waals surface area contributed by atoms with Gasteiger partial charge in [-0.05, 0) is 19.1 Å². The molecule has 1 atom stereocenters. The second kappa shape index (κ2) is 4.43.